The van der Waals surface area contributed by atoms with E-state index in [1.807, 2.05) is 42.5 Å². The van der Waals surface area contributed by atoms with Gasteiger partial charge in [0, 0.05) is 12.5 Å². The van der Waals surface area contributed by atoms with Gasteiger partial charge in [0.15, 0.2) is 6.10 Å². The molecule has 176 valence electrons. The molecule has 1 aliphatic heterocycles. The van der Waals surface area contributed by atoms with E-state index in [0.717, 1.165) is 16.3 Å². The first-order valence-electron chi connectivity index (χ1n) is 10.4. The Morgan fingerprint density at radius 1 is 1.15 bits per heavy atom. The third-order valence-electron chi connectivity index (χ3n) is 5.54. The highest BCUT2D eigenvalue weighted by Gasteiger charge is 2.46. The number of amides is 1. The van der Waals surface area contributed by atoms with E-state index in [1.54, 1.807) is 12.2 Å². The van der Waals surface area contributed by atoms with Crippen LogP contribution in [0.25, 0.3) is 16.8 Å². The molecule has 0 bridgehead atoms. The summed E-state index contributed by atoms with van der Waals surface area (Å²) in [7, 11) is 0. The second kappa shape index (κ2) is 10.6. The van der Waals surface area contributed by atoms with E-state index in [4.69, 9.17) is 9.84 Å². The summed E-state index contributed by atoms with van der Waals surface area (Å²) in [6.45, 7) is 0.367. The minimum absolute atomic E-state index is 0.000301. The van der Waals surface area contributed by atoms with Crippen LogP contribution in [0.1, 0.15) is 18.9 Å². The van der Waals surface area contributed by atoms with Gasteiger partial charge in [-0.3, -0.25) is 4.79 Å². The molecule has 0 aromatic heterocycles. The lowest BCUT2D eigenvalue weighted by Gasteiger charge is -2.40. The lowest BCUT2D eigenvalue weighted by atomic mass is 9.87. The first kappa shape index (κ1) is 24.4. The van der Waals surface area contributed by atoms with E-state index in [2.05, 4.69) is 5.32 Å². The highest BCUT2D eigenvalue weighted by atomic mass is 16.5. The van der Waals surface area contributed by atoms with Gasteiger partial charge >= 0.3 is 5.97 Å². The lowest BCUT2D eigenvalue weighted by molar-refractivity contribution is -0.150. The average molecular weight is 457 g/mol. The van der Waals surface area contributed by atoms with Crippen molar-refractivity contribution < 1.29 is 39.9 Å². The summed E-state index contributed by atoms with van der Waals surface area (Å²) in [4.78, 5) is 23.5. The van der Waals surface area contributed by atoms with E-state index in [1.165, 1.54) is 6.92 Å². The molecule has 2 aromatic carbocycles. The number of carboxylic acids is 1. The van der Waals surface area contributed by atoms with E-state index in [9.17, 15) is 30.0 Å². The van der Waals surface area contributed by atoms with Crippen LogP contribution in [0.5, 0.6) is 0 Å². The minimum Gasteiger partial charge on any atom is -0.478 e. The summed E-state index contributed by atoms with van der Waals surface area (Å²) in [5, 5.41) is 54.4. The van der Waals surface area contributed by atoms with E-state index in [0.29, 0.717) is 0 Å². The second-order valence-electron chi connectivity index (χ2n) is 7.83. The highest BCUT2D eigenvalue weighted by Crippen LogP contribution is 2.31. The Balaban J connectivity index is 1.94. The quantitative estimate of drug-likeness (QED) is 0.336. The number of allylic oxidation sites excluding steroid dienone is 1. The molecular weight excluding hydrogens is 430 g/mol. The first-order chi connectivity index (χ1) is 15.7. The van der Waals surface area contributed by atoms with Crippen LogP contribution >= 0.6 is 0 Å². The predicted octanol–water partition coefficient (Wildman–Crippen LogP) is 0.560. The number of rotatable bonds is 8. The number of fused-ring (bicyclic) bond motifs is 1. The van der Waals surface area contributed by atoms with Gasteiger partial charge in [-0.25, -0.2) is 4.79 Å². The van der Waals surface area contributed by atoms with Crippen LogP contribution in [0.4, 0.5) is 0 Å². The zero-order valence-corrected chi connectivity index (χ0v) is 18.0. The molecule has 0 fully saturated rings. The molecule has 1 amide bonds. The maximum Gasteiger partial charge on any atom is 0.371 e. The summed E-state index contributed by atoms with van der Waals surface area (Å²) >= 11 is 0. The zero-order valence-electron chi connectivity index (χ0n) is 18.0. The number of aliphatic carboxylic acids is 1. The van der Waals surface area contributed by atoms with Crippen molar-refractivity contribution in [3.63, 3.8) is 0 Å². The van der Waals surface area contributed by atoms with Gasteiger partial charge in [0.25, 0.3) is 0 Å². The molecule has 5 atom stereocenters. The van der Waals surface area contributed by atoms with Crippen LogP contribution in [0.15, 0.2) is 59.9 Å². The molecule has 2 aromatic rings. The first-order valence-corrected chi connectivity index (χ1v) is 10.4. The molecule has 0 radical (unpaired) electrons. The van der Waals surface area contributed by atoms with Gasteiger partial charge in [-0.15, -0.1) is 0 Å². The lowest BCUT2D eigenvalue weighted by Crippen LogP contribution is -2.61. The Morgan fingerprint density at radius 3 is 2.52 bits per heavy atom. The average Bonchev–Trinajstić information content (AvgIpc) is 2.80. The van der Waals surface area contributed by atoms with Gasteiger partial charge in [-0.2, -0.15) is 0 Å². The molecule has 1 heterocycles. The number of hydrogen-bond donors (Lipinski definition) is 6. The largest absolute Gasteiger partial charge is 0.478 e. The zero-order chi connectivity index (χ0) is 24.1. The third-order valence-corrected chi connectivity index (χ3v) is 5.54. The fraction of sp³-hybridized carbons (Fsp3) is 0.333. The predicted molar refractivity (Wildman–Crippen MR) is 120 cm³/mol. The Bertz CT molecular complexity index is 1070. The molecule has 0 saturated heterocycles. The van der Waals surface area contributed by atoms with Crippen molar-refractivity contribution in [2.24, 2.45) is 0 Å². The van der Waals surface area contributed by atoms with Crippen molar-refractivity contribution in [2.75, 3.05) is 6.61 Å². The van der Waals surface area contributed by atoms with E-state index >= 15 is 0 Å². The van der Waals surface area contributed by atoms with Gasteiger partial charge in [-0.1, -0.05) is 54.6 Å². The monoisotopic (exact) mass is 457 g/mol. The van der Waals surface area contributed by atoms with Crippen molar-refractivity contribution in [2.45, 2.75) is 43.8 Å². The number of benzene rings is 2. The number of ether oxygens (including phenoxy) is 1. The van der Waals surface area contributed by atoms with Crippen molar-refractivity contribution in [3.05, 3.63) is 65.4 Å². The van der Waals surface area contributed by atoms with Crippen molar-refractivity contribution in [1.82, 2.24) is 5.32 Å². The van der Waals surface area contributed by atoms with Crippen LogP contribution in [-0.2, 0) is 14.3 Å². The Labute approximate surface area is 190 Å². The molecule has 3 rings (SSSR count). The van der Waals surface area contributed by atoms with Crippen LogP contribution in [0, 0.1) is 0 Å². The molecular formula is C24H27NO8. The summed E-state index contributed by atoms with van der Waals surface area (Å²) in [6, 6.07) is 12.3. The van der Waals surface area contributed by atoms with Gasteiger partial charge < -0.3 is 35.6 Å². The van der Waals surface area contributed by atoms with Crippen LogP contribution in [-0.4, -0.2) is 74.5 Å². The number of nitrogens with one attached hydrogen (secondary N) is 1. The second-order valence-corrected chi connectivity index (χ2v) is 7.83. The van der Waals surface area contributed by atoms with Crippen molar-refractivity contribution in [1.29, 1.82) is 0 Å². The summed E-state index contributed by atoms with van der Waals surface area (Å²) in [6.07, 6.45) is -2.97. The molecule has 6 N–H and O–H groups in total. The number of aliphatic hydroxyl groups is 4. The number of hydrogen-bond acceptors (Lipinski definition) is 7. The summed E-state index contributed by atoms with van der Waals surface area (Å²) < 4.78 is 5.45. The molecule has 0 aliphatic carbocycles. The third kappa shape index (κ3) is 5.40. The number of carboxylic acid groups (broad SMARTS) is 1. The normalized spacial score (nSPS) is 22.8. The minimum atomic E-state index is -1.76. The number of carbonyl (C=O) groups is 2. The molecule has 9 nitrogen and oxygen atoms in total. The van der Waals surface area contributed by atoms with Crippen molar-refractivity contribution in [3.8, 4) is 0 Å². The molecule has 0 saturated carbocycles. The van der Waals surface area contributed by atoms with Crippen LogP contribution in [0.3, 0.4) is 0 Å². The van der Waals surface area contributed by atoms with Crippen LogP contribution < -0.4 is 5.32 Å². The fourth-order valence-electron chi connectivity index (χ4n) is 3.93. The highest BCUT2D eigenvalue weighted by molar-refractivity contribution is 5.90. The Morgan fingerprint density at radius 2 is 1.85 bits per heavy atom. The summed E-state index contributed by atoms with van der Waals surface area (Å²) in [5.41, 5.74) is 0.897. The van der Waals surface area contributed by atoms with Gasteiger partial charge in [-0.05, 0) is 22.8 Å². The van der Waals surface area contributed by atoms with E-state index in [-0.39, 0.29) is 12.0 Å². The summed E-state index contributed by atoms with van der Waals surface area (Å²) in [5.74, 6) is -2.61. The molecule has 0 spiro atoms. The number of carbonyl (C=O) groups excluding carboxylic acids is 1. The molecule has 1 aliphatic rings. The molecule has 9 heteroatoms. The van der Waals surface area contributed by atoms with Gasteiger partial charge in [0.05, 0.1) is 12.6 Å². The van der Waals surface area contributed by atoms with Gasteiger partial charge in [0.1, 0.15) is 18.3 Å². The molecule has 0 unspecified atom stereocenters. The van der Waals surface area contributed by atoms with Crippen molar-refractivity contribution >= 4 is 28.7 Å². The Hall–Kier alpha value is -3.24. The maximum absolute atomic E-state index is 11.9. The topological polar surface area (TPSA) is 157 Å². The van der Waals surface area contributed by atoms with Crippen LogP contribution in [0.2, 0.25) is 0 Å². The SMILES string of the molecule is CC(=O)N[C@H]1[C@H]([C@H](O)[C@H](O)CO)OC(C(=O)O)=C(C/C=C/c2cccc3ccccc23)[C@@H]1O. The van der Waals surface area contributed by atoms with Gasteiger partial charge in [0.2, 0.25) is 11.7 Å². The standard InChI is InChI=1S/C24H27NO8/c1-13(27)25-19-20(29)17(22(24(31)32)33-23(19)21(30)18(28)12-26)11-5-9-15-8-4-7-14-6-2-3-10-16(14)15/h2-10,18-21,23,26,28-30H,11-12H2,1H3,(H,25,27)(H,31,32)/b9-5+/t18-,19-,20+,21-,23-/m1/s1. The molecule has 33 heavy (non-hydrogen) atoms. The van der Waals surface area contributed by atoms with E-state index < -0.39 is 54.7 Å². The fourth-order valence-corrected chi connectivity index (χ4v) is 3.93. The number of aliphatic hydroxyl groups excluding tert-OH is 4. The smallest absolute Gasteiger partial charge is 0.371 e. The Kier molecular flexibility index (Phi) is 7.83. The maximum atomic E-state index is 11.9.